The van der Waals surface area contributed by atoms with Crippen LogP contribution in [0, 0.1) is 6.92 Å². The van der Waals surface area contributed by atoms with Crippen LogP contribution in [0.4, 0.5) is 0 Å². The van der Waals surface area contributed by atoms with E-state index in [-0.39, 0.29) is 0 Å². The molecule has 2 N–H and O–H groups in total. The Balaban J connectivity index is 1.50. The number of nitrogens with zero attached hydrogens (tertiary/aromatic N) is 4. The summed E-state index contributed by atoms with van der Waals surface area (Å²) in [4.78, 5) is 7.37. The summed E-state index contributed by atoms with van der Waals surface area (Å²) in [5, 5.41) is 11.3. The van der Waals surface area contributed by atoms with E-state index in [2.05, 4.69) is 47.6 Å². The molecule has 0 bridgehead atoms. The molecule has 0 amide bonds. The van der Waals surface area contributed by atoms with Crippen molar-refractivity contribution in [3.05, 3.63) is 18.0 Å². The maximum absolute atomic E-state index is 4.71. The summed E-state index contributed by atoms with van der Waals surface area (Å²) in [7, 11) is 0. The van der Waals surface area contributed by atoms with Gasteiger partial charge in [-0.25, -0.2) is 0 Å². The molecule has 2 unspecified atom stereocenters. The highest BCUT2D eigenvalue weighted by atomic mass is 15.3. The lowest BCUT2D eigenvalue weighted by atomic mass is 10.2. The number of aryl methyl sites for hydroxylation is 1. The maximum Gasteiger partial charge on any atom is 0.191 e. The minimum absolute atomic E-state index is 0.510. The second kappa shape index (κ2) is 7.34. The third-order valence-corrected chi connectivity index (χ3v) is 4.69. The Kier molecular flexibility index (Phi) is 5.20. The van der Waals surface area contributed by atoms with Crippen LogP contribution in [-0.2, 0) is 6.54 Å². The van der Waals surface area contributed by atoms with Crippen LogP contribution >= 0.6 is 0 Å². The Morgan fingerprint density at radius 2 is 2.26 bits per heavy atom. The molecular formula is C17H30N6. The van der Waals surface area contributed by atoms with Crippen molar-refractivity contribution in [3.8, 4) is 0 Å². The summed E-state index contributed by atoms with van der Waals surface area (Å²) in [6.45, 7) is 10.1. The summed E-state index contributed by atoms with van der Waals surface area (Å²) in [6.07, 6.45) is 7.92. The topological polar surface area (TPSA) is 57.5 Å². The molecule has 6 nitrogen and oxygen atoms in total. The lowest BCUT2D eigenvalue weighted by molar-refractivity contribution is 0.256. The maximum atomic E-state index is 4.71. The molecule has 2 fully saturated rings. The van der Waals surface area contributed by atoms with Crippen LogP contribution in [-0.4, -0.2) is 58.4 Å². The molecular weight excluding hydrogens is 288 g/mol. The molecule has 1 saturated heterocycles. The van der Waals surface area contributed by atoms with Crippen molar-refractivity contribution in [1.82, 2.24) is 25.3 Å². The average molecular weight is 318 g/mol. The molecule has 2 aliphatic rings. The van der Waals surface area contributed by atoms with E-state index in [1.54, 1.807) is 0 Å². The number of hydrogen-bond donors (Lipinski definition) is 2. The van der Waals surface area contributed by atoms with Crippen molar-refractivity contribution in [3.63, 3.8) is 0 Å². The molecule has 0 radical (unpaired) electrons. The van der Waals surface area contributed by atoms with Crippen LogP contribution in [0.25, 0.3) is 0 Å². The van der Waals surface area contributed by atoms with Crippen LogP contribution in [0.5, 0.6) is 0 Å². The van der Waals surface area contributed by atoms with Crippen molar-refractivity contribution in [2.75, 3.05) is 19.6 Å². The van der Waals surface area contributed by atoms with Gasteiger partial charge in [0.05, 0.1) is 19.3 Å². The second-order valence-electron chi connectivity index (χ2n) is 6.90. The molecule has 0 spiro atoms. The third kappa shape index (κ3) is 4.47. The summed E-state index contributed by atoms with van der Waals surface area (Å²) in [5.74, 6) is 0.936. The molecule has 1 aliphatic carbocycles. The molecule has 1 aromatic rings. The molecule has 128 valence electrons. The van der Waals surface area contributed by atoms with Gasteiger partial charge in [-0.3, -0.25) is 14.6 Å². The Bertz CT molecular complexity index is 533. The SMILES string of the molecule is CCNC(=NCCn1cc(C)cn1)NC1CC(C)N(C2CC2)C1. The Morgan fingerprint density at radius 3 is 2.91 bits per heavy atom. The van der Waals surface area contributed by atoms with Crippen LogP contribution in [0.2, 0.25) is 0 Å². The Labute approximate surface area is 139 Å². The predicted molar refractivity (Wildman–Crippen MR) is 93.7 cm³/mol. The van der Waals surface area contributed by atoms with Gasteiger partial charge in [0.25, 0.3) is 0 Å². The summed E-state index contributed by atoms with van der Waals surface area (Å²) in [6, 6.07) is 2.05. The number of nitrogens with one attached hydrogen (secondary N) is 2. The Hall–Kier alpha value is -1.56. The highest BCUT2D eigenvalue weighted by Gasteiger charge is 2.38. The zero-order valence-corrected chi connectivity index (χ0v) is 14.6. The monoisotopic (exact) mass is 318 g/mol. The smallest absolute Gasteiger partial charge is 0.191 e. The summed E-state index contributed by atoms with van der Waals surface area (Å²) in [5.41, 5.74) is 1.19. The van der Waals surface area contributed by atoms with E-state index in [0.717, 1.165) is 38.2 Å². The first-order chi connectivity index (χ1) is 11.2. The summed E-state index contributed by atoms with van der Waals surface area (Å²) >= 11 is 0. The van der Waals surface area contributed by atoms with Gasteiger partial charge in [-0.1, -0.05) is 0 Å². The third-order valence-electron chi connectivity index (χ3n) is 4.69. The number of aliphatic imine (C=N–C) groups is 1. The molecule has 0 aromatic carbocycles. The van der Waals surface area contributed by atoms with Crippen LogP contribution in [0.3, 0.4) is 0 Å². The van der Waals surface area contributed by atoms with Gasteiger partial charge in [-0.2, -0.15) is 5.10 Å². The summed E-state index contributed by atoms with van der Waals surface area (Å²) < 4.78 is 1.95. The lowest BCUT2D eigenvalue weighted by Gasteiger charge is -2.20. The van der Waals surface area contributed by atoms with E-state index < -0.39 is 0 Å². The standard InChI is InChI=1S/C17H30N6/c1-4-18-17(19-7-8-22-11-13(2)10-20-22)21-15-9-14(3)23(12-15)16-5-6-16/h10-11,14-16H,4-9,12H2,1-3H3,(H2,18,19,21). The minimum Gasteiger partial charge on any atom is -0.357 e. The molecule has 1 saturated carbocycles. The van der Waals surface area contributed by atoms with Gasteiger partial charge in [0.2, 0.25) is 0 Å². The van der Waals surface area contributed by atoms with E-state index in [1.807, 2.05) is 10.9 Å². The van der Waals surface area contributed by atoms with Crippen LogP contribution < -0.4 is 10.6 Å². The molecule has 2 heterocycles. The van der Waals surface area contributed by atoms with Gasteiger partial charge in [0.15, 0.2) is 5.96 Å². The zero-order chi connectivity index (χ0) is 16.2. The van der Waals surface area contributed by atoms with Gasteiger partial charge < -0.3 is 10.6 Å². The minimum atomic E-state index is 0.510. The fourth-order valence-electron chi connectivity index (χ4n) is 3.44. The number of likely N-dealkylation sites (tertiary alicyclic amines) is 1. The number of hydrogen-bond acceptors (Lipinski definition) is 3. The normalized spacial score (nSPS) is 25.8. The van der Waals surface area contributed by atoms with Crippen molar-refractivity contribution in [2.24, 2.45) is 4.99 Å². The van der Waals surface area contributed by atoms with E-state index in [1.165, 1.54) is 24.8 Å². The highest BCUT2D eigenvalue weighted by Crippen LogP contribution is 2.33. The molecule has 2 atom stereocenters. The van der Waals surface area contributed by atoms with Gasteiger partial charge in [-0.05, 0) is 45.6 Å². The molecule has 1 aromatic heterocycles. The van der Waals surface area contributed by atoms with Crippen LogP contribution in [0.15, 0.2) is 17.4 Å². The number of guanidine groups is 1. The predicted octanol–water partition coefficient (Wildman–Crippen LogP) is 1.37. The fraction of sp³-hybridized carbons (Fsp3) is 0.765. The van der Waals surface area contributed by atoms with Crippen molar-refractivity contribution in [2.45, 2.75) is 64.7 Å². The van der Waals surface area contributed by atoms with Gasteiger partial charge in [0.1, 0.15) is 0 Å². The van der Waals surface area contributed by atoms with Crippen LogP contribution in [0.1, 0.15) is 38.7 Å². The Morgan fingerprint density at radius 1 is 1.43 bits per heavy atom. The molecule has 6 heteroatoms. The van der Waals surface area contributed by atoms with E-state index in [9.17, 15) is 0 Å². The van der Waals surface area contributed by atoms with E-state index in [0.29, 0.717) is 12.1 Å². The van der Waals surface area contributed by atoms with Gasteiger partial charge >= 0.3 is 0 Å². The zero-order valence-electron chi connectivity index (χ0n) is 14.6. The highest BCUT2D eigenvalue weighted by molar-refractivity contribution is 5.80. The van der Waals surface area contributed by atoms with Crippen molar-refractivity contribution in [1.29, 1.82) is 0 Å². The largest absolute Gasteiger partial charge is 0.357 e. The first-order valence-electron chi connectivity index (χ1n) is 8.95. The molecule has 1 aliphatic heterocycles. The quantitative estimate of drug-likeness (QED) is 0.614. The van der Waals surface area contributed by atoms with E-state index in [4.69, 9.17) is 4.99 Å². The second-order valence-corrected chi connectivity index (χ2v) is 6.90. The van der Waals surface area contributed by atoms with Gasteiger partial charge in [0, 0.05) is 37.4 Å². The average Bonchev–Trinajstić information content (AvgIpc) is 3.17. The first kappa shape index (κ1) is 16.3. The molecule has 3 rings (SSSR count). The lowest BCUT2D eigenvalue weighted by Crippen LogP contribution is -2.44. The fourth-order valence-corrected chi connectivity index (χ4v) is 3.44. The van der Waals surface area contributed by atoms with E-state index >= 15 is 0 Å². The number of aromatic nitrogens is 2. The van der Waals surface area contributed by atoms with Crippen molar-refractivity contribution >= 4 is 5.96 Å². The molecule has 23 heavy (non-hydrogen) atoms. The van der Waals surface area contributed by atoms with Crippen molar-refractivity contribution < 1.29 is 0 Å². The van der Waals surface area contributed by atoms with Gasteiger partial charge in [-0.15, -0.1) is 0 Å². The first-order valence-corrected chi connectivity index (χ1v) is 8.95. The number of rotatable bonds is 6.